The van der Waals surface area contributed by atoms with E-state index in [9.17, 15) is 4.79 Å². The van der Waals surface area contributed by atoms with Crippen molar-refractivity contribution >= 4 is 40.4 Å². The number of benzene rings is 2. The Labute approximate surface area is 170 Å². The summed E-state index contributed by atoms with van der Waals surface area (Å²) >= 11 is 6.47. The number of carbonyl (C=O) groups is 1. The van der Waals surface area contributed by atoms with Crippen molar-refractivity contribution in [1.82, 2.24) is 25.0 Å². The highest BCUT2D eigenvalue weighted by molar-refractivity contribution is 6.38. The molecule has 148 valence electrons. The lowest BCUT2D eigenvalue weighted by molar-refractivity contribution is -0.109. The minimum absolute atomic E-state index is 0.0482. The molecule has 0 fully saturated rings. The van der Waals surface area contributed by atoms with Crippen molar-refractivity contribution in [1.29, 1.82) is 0 Å². The second-order valence-corrected chi connectivity index (χ2v) is 6.49. The lowest BCUT2D eigenvalue weighted by atomic mass is 10.2. The van der Waals surface area contributed by atoms with Gasteiger partial charge in [0, 0.05) is 18.0 Å². The van der Waals surface area contributed by atoms with Crippen LogP contribution in [0, 0.1) is 0 Å². The largest absolute Gasteiger partial charge is 0.493 e. The molecule has 4 aromatic rings. The highest BCUT2D eigenvalue weighted by Gasteiger charge is 2.15. The van der Waals surface area contributed by atoms with Crippen LogP contribution in [0.4, 0.5) is 11.6 Å². The lowest BCUT2D eigenvalue weighted by Gasteiger charge is -2.09. The Bertz CT molecular complexity index is 1190. The molecule has 0 unspecified atom stereocenters. The monoisotopic (exact) mass is 412 g/mol. The van der Waals surface area contributed by atoms with Gasteiger partial charge in [-0.25, -0.2) is 4.68 Å². The van der Waals surface area contributed by atoms with E-state index in [0.717, 1.165) is 16.5 Å². The summed E-state index contributed by atoms with van der Waals surface area (Å²) in [6.07, 6.45) is 2.35. The van der Waals surface area contributed by atoms with E-state index in [2.05, 4.69) is 25.6 Å². The molecule has 0 atom stereocenters. The maximum atomic E-state index is 10.5. The molecule has 2 heterocycles. The van der Waals surface area contributed by atoms with Crippen molar-refractivity contribution in [3.8, 4) is 22.9 Å². The molecule has 4 rings (SSSR count). The molecule has 0 bridgehead atoms. The van der Waals surface area contributed by atoms with Gasteiger partial charge in [-0.2, -0.15) is 10.1 Å². The van der Waals surface area contributed by atoms with Crippen molar-refractivity contribution in [3.05, 3.63) is 41.6 Å². The van der Waals surface area contributed by atoms with E-state index < -0.39 is 0 Å². The Kier molecular flexibility index (Phi) is 5.05. The smallest absolute Gasteiger partial charge is 0.225 e. The Morgan fingerprint density at radius 1 is 1.28 bits per heavy atom. The normalized spacial score (nSPS) is 10.9. The van der Waals surface area contributed by atoms with Crippen LogP contribution in [0.3, 0.4) is 0 Å². The summed E-state index contributed by atoms with van der Waals surface area (Å²) in [5, 5.41) is 15.9. The van der Waals surface area contributed by atoms with Crippen LogP contribution in [0.25, 0.3) is 22.3 Å². The van der Waals surface area contributed by atoms with E-state index in [1.165, 1.54) is 7.11 Å². The predicted octanol–water partition coefficient (Wildman–Crippen LogP) is 3.34. The van der Waals surface area contributed by atoms with Gasteiger partial charge in [0.25, 0.3) is 0 Å². The number of hydrogen-bond acceptors (Lipinski definition) is 7. The van der Waals surface area contributed by atoms with Crippen LogP contribution in [0.15, 0.2) is 36.5 Å². The highest BCUT2D eigenvalue weighted by atomic mass is 35.5. The molecule has 2 N–H and O–H groups in total. The Balaban J connectivity index is 1.63. The summed E-state index contributed by atoms with van der Waals surface area (Å²) in [4.78, 5) is 15.1. The minimum atomic E-state index is -0.0482. The van der Waals surface area contributed by atoms with Gasteiger partial charge in [0.1, 0.15) is 6.61 Å². The zero-order valence-corrected chi connectivity index (χ0v) is 16.4. The number of aromatic nitrogens is 5. The lowest BCUT2D eigenvalue weighted by Crippen LogP contribution is -2.00. The summed E-state index contributed by atoms with van der Waals surface area (Å²) in [6.45, 7) is -0.0482. The van der Waals surface area contributed by atoms with Crippen LogP contribution in [-0.2, 0) is 11.8 Å². The number of aldehydes is 1. The van der Waals surface area contributed by atoms with Gasteiger partial charge in [-0.15, -0.1) is 5.10 Å². The third-order valence-electron chi connectivity index (χ3n) is 4.30. The summed E-state index contributed by atoms with van der Waals surface area (Å²) in [5.74, 6) is 1.97. The number of aryl methyl sites for hydroxylation is 1. The van der Waals surface area contributed by atoms with Gasteiger partial charge >= 0.3 is 0 Å². The van der Waals surface area contributed by atoms with E-state index in [1.807, 2.05) is 12.1 Å². The molecule has 0 aliphatic rings. The molecule has 0 amide bonds. The maximum Gasteiger partial charge on any atom is 0.225 e. The topological polar surface area (TPSA) is 107 Å². The van der Waals surface area contributed by atoms with E-state index in [0.29, 0.717) is 40.3 Å². The van der Waals surface area contributed by atoms with E-state index in [1.54, 1.807) is 36.1 Å². The Hall–Kier alpha value is -3.59. The average Bonchev–Trinajstić information content (AvgIpc) is 3.35. The molecule has 0 radical (unpaired) electrons. The van der Waals surface area contributed by atoms with E-state index >= 15 is 0 Å². The molecule has 2 aromatic carbocycles. The average molecular weight is 413 g/mol. The molecule has 0 saturated carbocycles. The van der Waals surface area contributed by atoms with Crippen molar-refractivity contribution in [2.45, 2.75) is 0 Å². The van der Waals surface area contributed by atoms with Crippen molar-refractivity contribution in [3.63, 3.8) is 0 Å². The van der Waals surface area contributed by atoms with Crippen LogP contribution >= 0.6 is 11.6 Å². The number of carbonyl (C=O) groups excluding carboxylic acids is 1. The number of anilines is 2. The molecule has 10 heteroatoms. The SMILES string of the molecule is COc1cc(-c2nc(Nc3ccc4[nH]ncc4c3Cl)n(C)n2)ccc1OCC=O. The molecular weight excluding hydrogens is 396 g/mol. The Morgan fingerprint density at radius 2 is 2.14 bits per heavy atom. The molecular formula is C19H17ClN6O3. The second-order valence-electron chi connectivity index (χ2n) is 6.11. The number of methoxy groups -OCH3 is 1. The van der Waals surface area contributed by atoms with E-state index in [4.69, 9.17) is 21.1 Å². The number of aromatic amines is 1. The number of hydrogen-bond donors (Lipinski definition) is 2. The van der Waals surface area contributed by atoms with Gasteiger partial charge in [-0.3, -0.25) is 9.89 Å². The summed E-state index contributed by atoms with van der Waals surface area (Å²) in [7, 11) is 3.31. The van der Waals surface area contributed by atoms with Crippen LogP contribution in [0.2, 0.25) is 5.02 Å². The number of nitrogens with zero attached hydrogens (tertiary/aromatic N) is 4. The first kappa shape index (κ1) is 18.8. The number of H-pyrrole nitrogens is 1. The highest BCUT2D eigenvalue weighted by Crippen LogP contribution is 2.34. The third-order valence-corrected chi connectivity index (χ3v) is 4.70. The van der Waals surface area contributed by atoms with Gasteiger partial charge in [-0.1, -0.05) is 11.6 Å². The molecule has 9 nitrogen and oxygen atoms in total. The van der Waals surface area contributed by atoms with Gasteiger partial charge in [0.05, 0.1) is 29.5 Å². The zero-order chi connectivity index (χ0) is 20.4. The van der Waals surface area contributed by atoms with Crippen molar-refractivity contribution in [2.75, 3.05) is 19.0 Å². The molecule has 0 aliphatic heterocycles. The fourth-order valence-electron chi connectivity index (χ4n) is 2.87. The zero-order valence-electron chi connectivity index (χ0n) is 15.6. The quantitative estimate of drug-likeness (QED) is 0.448. The minimum Gasteiger partial charge on any atom is -0.493 e. The third kappa shape index (κ3) is 3.59. The van der Waals surface area contributed by atoms with Crippen LogP contribution in [0.5, 0.6) is 11.5 Å². The Morgan fingerprint density at radius 3 is 2.93 bits per heavy atom. The molecule has 0 saturated heterocycles. The number of fused-ring (bicyclic) bond motifs is 1. The molecule has 29 heavy (non-hydrogen) atoms. The van der Waals surface area contributed by atoms with E-state index in [-0.39, 0.29) is 6.61 Å². The second kappa shape index (κ2) is 7.80. The molecule has 0 aliphatic carbocycles. The summed E-state index contributed by atoms with van der Waals surface area (Å²) < 4.78 is 12.3. The van der Waals surface area contributed by atoms with Gasteiger partial charge < -0.3 is 14.8 Å². The number of ether oxygens (including phenoxy) is 2. The van der Waals surface area contributed by atoms with Gasteiger partial charge in [0.15, 0.2) is 23.6 Å². The predicted molar refractivity (Wildman–Crippen MR) is 109 cm³/mol. The molecule has 0 spiro atoms. The van der Waals surface area contributed by atoms with Gasteiger partial charge in [0.2, 0.25) is 5.95 Å². The number of halogens is 1. The fraction of sp³-hybridized carbons (Fsp3) is 0.158. The summed E-state index contributed by atoms with van der Waals surface area (Å²) in [6, 6.07) is 9.00. The number of nitrogens with one attached hydrogen (secondary N) is 2. The van der Waals surface area contributed by atoms with Crippen molar-refractivity contribution in [2.24, 2.45) is 7.05 Å². The first-order valence-corrected chi connectivity index (χ1v) is 9.03. The van der Waals surface area contributed by atoms with Crippen LogP contribution < -0.4 is 14.8 Å². The van der Waals surface area contributed by atoms with Crippen LogP contribution in [0.1, 0.15) is 0 Å². The van der Waals surface area contributed by atoms with Crippen LogP contribution in [-0.4, -0.2) is 45.0 Å². The first-order chi connectivity index (χ1) is 14.1. The van der Waals surface area contributed by atoms with Crippen molar-refractivity contribution < 1.29 is 14.3 Å². The first-order valence-electron chi connectivity index (χ1n) is 8.65. The maximum absolute atomic E-state index is 10.5. The summed E-state index contributed by atoms with van der Waals surface area (Å²) in [5.41, 5.74) is 2.28. The standard InChI is InChI=1S/C19H17ClN6O3/c1-26-19(22-14-5-4-13-12(17(14)20)10-21-24-13)23-18(25-26)11-3-6-15(29-8-7-27)16(9-11)28-2/h3-7,9-10H,8H2,1-2H3,(H,21,24)(H,22,23,25). The fourth-order valence-corrected chi connectivity index (χ4v) is 3.13. The number of rotatable bonds is 7. The molecule has 2 aromatic heterocycles. The van der Waals surface area contributed by atoms with Gasteiger partial charge in [-0.05, 0) is 30.3 Å².